The van der Waals surface area contributed by atoms with Gasteiger partial charge in [0.25, 0.3) is 11.8 Å². The van der Waals surface area contributed by atoms with Gasteiger partial charge < -0.3 is 34.9 Å². The zero-order chi connectivity index (χ0) is 42.7. The number of nitrogens with zero attached hydrogens (tertiary/aromatic N) is 3. The van der Waals surface area contributed by atoms with Crippen LogP contribution in [0, 0.1) is 11.6 Å². The minimum atomic E-state index is -0.790. The van der Waals surface area contributed by atoms with Crippen LogP contribution < -0.4 is 20.9 Å². The molecule has 14 nitrogen and oxygen atoms in total. The number of carbonyl (C=O) groups is 4. The monoisotopic (exact) mass is 838 g/mol. The molecule has 4 aromatic rings. The van der Waals surface area contributed by atoms with Crippen LogP contribution in [0.3, 0.4) is 0 Å². The number of ether oxygens (including phenoxy) is 4. The molecule has 59 heavy (non-hydrogen) atoms. The summed E-state index contributed by atoms with van der Waals surface area (Å²) in [6.45, 7) is 6.41. The van der Waals surface area contributed by atoms with Crippen LogP contribution in [0.25, 0.3) is 0 Å². The molecule has 0 aliphatic carbocycles. The number of aromatic nitrogens is 2. The number of amides is 3. The molecule has 0 bridgehead atoms. The van der Waals surface area contributed by atoms with E-state index >= 15 is 0 Å². The number of halogens is 3. The van der Waals surface area contributed by atoms with Crippen molar-refractivity contribution < 1.29 is 46.9 Å². The van der Waals surface area contributed by atoms with Crippen LogP contribution in [0.5, 0.6) is 0 Å². The largest absolute Gasteiger partial charge is 0.451 e. The maximum absolute atomic E-state index is 13.0. The fourth-order valence-corrected chi connectivity index (χ4v) is 5.97. The summed E-state index contributed by atoms with van der Waals surface area (Å²) in [5, 5.41) is 9.07. The first-order valence-electron chi connectivity index (χ1n) is 19.0. The summed E-state index contributed by atoms with van der Waals surface area (Å²) in [7, 11) is 3.06. The van der Waals surface area contributed by atoms with Crippen LogP contribution in [0.15, 0.2) is 72.8 Å². The minimum Gasteiger partial charge on any atom is -0.451 e. The van der Waals surface area contributed by atoms with Crippen molar-refractivity contribution in [3.63, 3.8) is 0 Å². The molecule has 0 spiro atoms. The van der Waals surface area contributed by atoms with Crippen molar-refractivity contribution in [2.75, 3.05) is 64.0 Å². The van der Waals surface area contributed by atoms with Crippen molar-refractivity contribution in [3.05, 3.63) is 118 Å². The number of hydrogen-bond donors (Lipinski definition) is 3. The van der Waals surface area contributed by atoms with Crippen molar-refractivity contribution >= 4 is 46.3 Å². The quantitative estimate of drug-likeness (QED) is 0.0965. The number of nitrogens with one attached hydrogen (secondary N) is 3. The van der Waals surface area contributed by atoms with Gasteiger partial charge in [0.15, 0.2) is 0 Å². The first-order valence-corrected chi connectivity index (χ1v) is 19.4. The smallest absolute Gasteiger partial charge is 0.414 e. The molecule has 0 saturated heterocycles. The third kappa shape index (κ3) is 14.6. The number of hydrogen-bond acceptors (Lipinski definition) is 11. The molecule has 0 radical (unpaired) electrons. The molecule has 2 aromatic heterocycles. The summed E-state index contributed by atoms with van der Waals surface area (Å²) >= 11 is 4.80. The Hall–Kier alpha value is -5.71. The highest BCUT2D eigenvalue weighted by Crippen LogP contribution is 2.28. The Balaban J connectivity index is 0.000000226. The number of rotatable bonds is 12. The van der Waals surface area contributed by atoms with E-state index in [1.807, 2.05) is 32.0 Å². The second-order valence-corrected chi connectivity index (χ2v) is 13.6. The van der Waals surface area contributed by atoms with E-state index in [-0.39, 0.29) is 42.9 Å². The van der Waals surface area contributed by atoms with E-state index in [9.17, 15) is 28.0 Å². The lowest BCUT2D eigenvalue weighted by molar-refractivity contribution is 0.0930. The average Bonchev–Trinajstić information content (AvgIpc) is 3.24. The van der Waals surface area contributed by atoms with E-state index in [0.29, 0.717) is 36.6 Å². The predicted molar refractivity (Wildman–Crippen MR) is 218 cm³/mol. The van der Waals surface area contributed by atoms with E-state index in [1.165, 1.54) is 55.6 Å². The lowest BCUT2D eigenvalue weighted by Gasteiger charge is -2.28. The third-order valence-electron chi connectivity index (χ3n) is 8.99. The molecule has 316 valence electrons. The van der Waals surface area contributed by atoms with Crippen molar-refractivity contribution in [2.24, 2.45) is 0 Å². The highest BCUT2D eigenvalue weighted by molar-refractivity contribution is 6.61. The predicted octanol–water partition coefficient (Wildman–Crippen LogP) is 7.33. The van der Waals surface area contributed by atoms with Crippen molar-refractivity contribution in [3.8, 4) is 0 Å². The van der Waals surface area contributed by atoms with Crippen molar-refractivity contribution in [2.45, 2.75) is 51.6 Å². The molecule has 17 heteroatoms. The van der Waals surface area contributed by atoms with E-state index in [4.69, 9.17) is 21.1 Å². The Morgan fingerprint density at radius 3 is 1.76 bits per heavy atom. The number of pyridine rings is 2. The topological polar surface area (TPSA) is 170 Å². The van der Waals surface area contributed by atoms with E-state index < -0.39 is 17.3 Å². The van der Waals surface area contributed by atoms with Gasteiger partial charge in [-0.2, -0.15) is 0 Å². The van der Waals surface area contributed by atoms with Gasteiger partial charge in [0.05, 0.1) is 59.4 Å². The summed E-state index contributed by atoms with van der Waals surface area (Å²) in [6.07, 6.45) is 3.12. The van der Waals surface area contributed by atoms with Crippen molar-refractivity contribution in [1.29, 1.82) is 0 Å². The molecule has 0 fully saturated rings. The molecule has 3 amide bonds. The molecule has 0 saturated carbocycles. The number of fused-ring (bicyclic) bond motifs is 2. The van der Waals surface area contributed by atoms with Gasteiger partial charge >= 0.3 is 11.5 Å². The molecule has 2 aliphatic rings. The second kappa shape index (κ2) is 23.6. The average molecular weight is 839 g/mol. The van der Waals surface area contributed by atoms with Gasteiger partial charge in [-0.25, -0.2) is 18.4 Å². The maximum atomic E-state index is 13.0. The maximum Gasteiger partial charge on any atom is 0.414 e. The summed E-state index contributed by atoms with van der Waals surface area (Å²) in [5.41, 5.74) is 5.18. The number of methoxy groups -OCH3 is 2. The van der Waals surface area contributed by atoms with Gasteiger partial charge in [-0.3, -0.25) is 24.5 Å². The van der Waals surface area contributed by atoms with Crippen LogP contribution in [0.1, 0.15) is 82.3 Å². The van der Waals surface area contributed by atoms with Crippen LogP contribution in [-0.2, 0) is 31.8 Å². The lowest BCUT2D eigenvalue weighted by Crippen LogP contribution is -2.37. The first kappa shape index (κ1) is 46.0. The SMILES string of the molecule is CC(NC(=O)c1ccc(F)cc1)c1ccc2c(n1)CCCN2.COCCOC(=O)Cl.COCCOC(=O)N1CCCc2nc(C(C)NC(=O)c3ccc(F)cc3)ccc21. The molecule has 6 rings (SSSR count). The molecule has 2 aliphatic heterocycles. The molecule has 2 unspecified atom stereocenters. The van der Waals surface area contributed by atoms with Gasteiger partial charge in [-0.05, 0) is 112 Å². The zero-order valence-electron chi connectivity index (χ0n) is 33.4. The van der Waals surface area contributed by atoms with Crippen LogP contribution in [0.4, 0.5) is 29.7 Å². The second-order valence-electron chi connectivity index (χ2n) is 13.3. The highest BCUT2D eigenvalue weighted by atomic mass is 35.5. The highest BCUT2D eigenvalue weighted by Gasteiger charge is 2.26. The Morgan fingerprint density at radius 2 is 1.22 bits per heavy atom. The van der Waals surface area contributed by atoms with Gasteiger partial charge in [0.1, 0.15) is 24.8 Å². The normalized spacial score (nSPS) is 13.6. The number of carbonyl (C=O) groups excluding carboxylic acids is 4. The minimum absolute atomic E-state index is 0.194. The first-order chi connectivity index (χ1) is 28.4. The summed E-state index contributed by atoms with van der Waals surface area (Å²) in [6, 6.07) is 17.9. The molecular weight excluding hydrogens is 790 g/mol. The van der Waals surface area contributed by atoms with Crippen molar-refractivity contribution in [1.82, 2.24) is 20.6 Å². The Bertz CT molecular complexity index is 2010. The molecule has 2 aromatic carbocycles. The number of benzene rings is 2. The van der Waals surface area contributed by atoms with E-state index in [2.05, 4.69) is 35.4 Å². The van der Waals surface area contributed by atoms with E-state index in [1.54, 1.807) is 18.1 Å². The zero-order valence-corrected chi connectivity index (χ0v) is 34.2. The van der Waals surface area contributed by atoms with Crippen LogP contribution in [-0.4, -0.2) is 87.0 Å². The van der Waals surface area contributed by atoms with Gasteiger partial charge in [-0.1, -0.05) is 0 Å². The summed E-state index contributed by atoms with van der Waals surface area (Å²) < 4.78 is 44.9. The van der Waals surface area contributed by atoms with Crippen LogP contribution >= 0.6 is 11.6 Å². The van der Waals surface area contributed by atoms with Gasteiger partial charge in [0.2, 0.25) is 0 Å². The Labute approximate surface area is 346 Å². The molecular formula is C42H49ClF2N6O8. The summed E-state index contributed by atoms with van der Waals surface area (Å²) in [5.74, 6) is -1.28. The van der Waals surface area contributed by atoms with Gasteiger partial charge in [0, 0.05) is 50.0 Å². The Kier molecular flexibility index (Phi) is 18.4. The Morgan fingerprint density at radius 1 is 0.712 bits per heavy atom. The molecule has 3 N–H and O–H groups in total. The van der Waals surface area contributed by atoms with Gasteiger partial charge in [-0.15, -0.1) is 0 Å². The van der Waals surface area contributed by atoms with Crippen LogP contribution in [0.2, 0.25) is 0 Å². The van der Waals surface area contributed by atoms with E-state index in [0.717, 1.165) is 60.7 Å². The lowest BCUT2D eigenvalue weighted by atomic mass is 10.1. The number of aryl methyl sites for hydroxylation is 2. The number of anilines is 2. The fourth-order valence-electron chi connectivity index (χ4n) is 5.89. The fraction of sp³-hybridized carbons (Fsp3) is 0.381. The third-order valence-corrected chi connectivity index (χ3v) is 9.10. The molecule has 2 atom stereocenters. The standard InChI is InChI=1S/C21H24FN3O4.C17H18FN3O.C4H7ClO3/c1-14(23-20(26)15-5-7-16(22)8-6-15)17-9-10-19-18(24-17)4-3-11-25(19)21(27)29-13-12-28-2;1-11(20-17(22)12-4-6-13(18)7-5-12)14-8-9-15-16(21-14)3-2-10-19-15;1-7-2-3-8-4(5)6/h5-10,14H,3-4,11-13H2,1-2H3,(H,23,26);4-9,11,19H,2-3,10H2,1H3,(H,20,22);2-3H2,1H3. The molecule has 4 heterocycles. The summed E-state index contributed by atoms with van der Waals surface area (Å²) in [4.78, 5) is 57.5.